The average molecular weight is 335 g/mol. The van der Waals surface area contributed by atoms with E-state index in [1.807, 2.05) is 18.7 Å². The van der Waals surface area contributed by atoms with Crippen LogP contribution in [0.25, 0.3) is 10.2 Å². The summed E-state index contributed by atoms with van der Waals surface area (Å²) in [5.41, 5.74) is 0.868. The first-order valence-corrected chi connectivity index (χ1v) is 8.89. The van der Waals surface area contributed by atoms with Crippen molar-refractivity contribution < 1.29 is 9.69 Å². The molecule has 3 heterocycles. The van der Waals surface area contributed by atoms with Crippen molar-refractivity contribution in [2.24, 2.45) is 0 Å². The minimum atomic E-state index is -0.108. The summed E-state index contributed by atoms with van der Waals surface area (Å²) in [4.78, 5) is 34.7. The monoisotopic (exact) mass is 335 g/mol. The highest BCUT2D eigenvalue weighted by atomic mass is 32.1. The molecule has 124 valence electrons. The van der Waals surface area contributed by atoms with Gasteiger partial charge in [-0.05, 0) is 26.3 Å². The number of aromatic nitrogens is 2. The summed E-state index contributed by atoms with van der Waals surface area (Å²) in [6, 6.07) is 0. The van der Waals surface area contributed by atoms with Crippen LogP contribution in [0.1, 0.15) is 17.4 Å². The number of nitrogens with one attached hydrogen (secondary N) is 1. The molecule has 1 fully saturated rings. The Bertz CT molecular complexity index is 787. The lowest BCUT2D eigenvalue weighted by molar-refractivity contribution is -0.902. The van der Waals surface area contributed by atoms with Crippen LogP contribution in [0.3, 0.4) is 0 Å². The lowest BCUT2D eigenvalue weighted by atomic mass is 10.2. The number of likely N-dealkylation sites (N-methyl/N-ethyl adjacent to an activating group) is 1. The summed E-state index contributed by atoms with van der Waals surface area (Å²) in [5, 5.41) is 0.656. The molecule has 6 nitrogen and oxygen atoms in total. The van der Waals surface area contributed by atoms with Gasteiger partial charge in [0.1, 0.15) is 11.4 Å². The second kappa shape index (κ2) is 6.41. The Kier molecular flexibility index (Phi) is 4.50. The Morgan fingerprint density at radius 3 is 2.70 bits per heavy atom. The normalized spacial score (nSPS) is 16.2. The lowest BCUT2D eigenvalue weighted by Crippen LogP contribution is -3.14. The molecule has 1 amide bonds. The molecule has 0 saturated carbocycles. The van der Waals surface area contributed by atoms with Crippen LogP contribution in [0.2, 0.25) is 0 Å². The molecule has 23 heavy (non-hydrogen) atoms. The highest BCUT2D eigenvalue weighted by molar-refractivity contribution is 7.18. The summed E-state index contributed by atoms with van der Waals surface area (Å²) in [5.74, 6) is 0.00741. The number of nitrogens with zero attached hydrogens (tertiary/aromatic N) is 3. The number of piperazine rings is 1. The van der Waals surface area contributed by atoms with Crippen molar-refractivity contribution in [2.45, 2.75) is 27.3 Å². The first-order valence-electron chi connectivity index (χ1n) is 8.07. The summed E-state index contributed by atoms with van der Waals surface area (Å²) >= 11 is 1.53. The summed E-state index contributed by atoms with van der Waals surface area (Å²) in [7, 11) is 0. The summed E-state index contributed by atoms with van der Waals surface area (Å²) in [6.07, 6.45) is 1.51. The fourth-order valence-electron chi connectivity index (χ4n) is 3.05. The van der Waals surface area contributed by atoms with Crippen molar-refractivity contribution in [3.05, 3.63) is 27.1 Å². The van der Waals surface area contributed by atoms with Crippen molar-refractivity contribution >= 4 is 27.5 Å². The molecule has 0 radical (unpaired) electrons. The van der Waals surface area contributed by atoms with Gasteiger partial charge >= 0.3 is 0 Å². The van der Waals surface area contributed by atoms with Gasteiger partial charge in [-0.3, -0.25) is 14.2 Å². The first-order chi connectivity index (χ1) is 11.0. The van der Waals surface area contributed by atoms with E-state index < -0.39 is 0 Å². The van der Waals surface area contributed by atoms with Crippen LogP contribution in [0.15, 0.2) is 11.1 Å². The molecule has 0 unspecified atom stereocenters. The number of carbonyl (C=O) groups is 1. The molecule has 7 heteroatoms. The number of rotatable bonds is 3. The Labute approximate surface area is 139 Å². The van der Waals surface area contributed by atoms with Crippen LogP contribution in [0.5, 0.6) is 0 Å². The maximum absolute atomic E-state index is 12.6. The molecular weight excluding hydrogens is 312 g/mol. The van der Waals surface area contributed by atoms with Crippen molar-refractivity contribution in [3.8, 4) is 0 Å². The van der Waals surface area contributed by atoms with E-state index in [-0.39, 0.29) is 18.0 Å². The fourth-order valence-corrected chi connectivity index (χ4v) is 4.04. The molecule has 3 rings (SSSR count). The van der Waals surface area contributed by atoms with Crippen LogP contribution in [0, 0.1) is 13.8 Å². The molecule has 1 aliphatic heterocycles. The zero-order valence-corrected chi connectivity index (χ0v) is 14.7. The van der Waals surface area contributed by atoms with E-state index >= 15 is 0 Å². The second-order valence-electron chi connectivity index (χ2n) is 6.13. The van der Waals surface area contributed by atoms with Gasteiger partial charge in [0.2, 0.25) is 5.91 Å². The molecule has 1 aliphatic rings. The number of carbonyl (C=O) groups excluding carboxylic acids is 1. The Morgan fingerprint density at radius 1 is 1.35 bits per heavy atom. The van der Waals surface area contributed by atoms with Gasteiger partial charge in [-0.2, -0.15) is 0 Å². The maximum atomic E-state index is 12.6. The minimum absolute atomic E-state index is 0.00741. The van der Waals surface area contributed by atoms with E-state index in [1.54, 1.807) is 0 Å². The average Bonchev–Trinajstić information content (AvgIpc) is 2.85. The third-order valence-corrected chi connectivity index (χ3v) is 5.90. The Hall–Kier alpha value is -1.73. The van der Waals surface area contributed by atoms with Gasteiger partial charge < -0.3 is 9.80 Å². The number of thiophene rings is 1. The highest BCUT2D eigenvalue weighted by Crippen LogP contribution is 2.25. The van der Waals surface area contributed by atoms with E-state index in [0.29, 0.717) is 5.39 Å². The molecule has 1 N–H and O–H groups in total. The van der Waals surface area contributed by atoms with E-state index in [0.717, 1.165) is 48.0 Å². The standard InChI is InChI=1S/C16H22N4O2S/c1-4-18-5-7-19(8-6-18)13(21)9-20-10-17-15-14(16(20)22)11(2)12(3)23-15/h10H,4-9H2,1-3H3/p+1. The topological polar surface area (TPSA) is 59.6 Å². The number of fused-ring (bicyclic) bond motifs is 1. The molecule has 1 saturated heterocycles. The predicted octanol–water partition coefficient (Wildman–Crippen LogP) is -0.178. The minimum Gasteiger partial charge on any atom is -0.332 e. The summed E-state index contributed by atoms with van der Waals surface area (Å²) < 4.78 is 1.45. The Morgan fingerprint density at radius 2 is 2.04 bits per heavy atom. The van der Waals surface area contributed by atoms with E-state index in [9.17, 15) is 9.59 Å². The molecule has 0 bridgehead atoms. The molecule has 2 aromatic heterocycles. The lowest BCUT2D eigenvalue weighted by Gasteiger charge is -2.31. The van der Waals surface area contributed by atoms with E-state index in [2.05, 4.69) is 11.9 Å². The van der Waals surface area contributed by atoms with Crippen molar-refractivity contribution in [1.82, 2.24) is 14.5 Å². The molecule has 0 atom stereocenters. The third-order valence-electron chi connectivity index (χ3n) is 4.78. The first kappa shape index (κ1) is 16.1. The van der Waals surface area contributed by atoms with Crippen LogP contribution < -0.4 is 10.5 Å². The number of hydrogen-bond acceptors (Lipinski definition) is 4. The van der Waals surface area contributed by atoms with Crippen LogP contribution in [-0.2, 0) is 11.3 Å². The fraction of sp³-hybridized carbons (Fsp3) is 0.562. The van der Waals surface area contributed by atoms with Gasteiger partial charge in [-0.15, -0.1) is 11.3 Å². The SMILES string of the molecule is CC[NH+]1CCN(C(=O)Cn2cnc3sc(C)c(C)c3c2=O)CC1. The maximum Gasteiger partial charge on any atom is 0.262 e. The predicted molar refractivity (Wildman–Crippen MR) is 91.2 cm³/mol. The highest BCUT2D eigenvalue weighted by Gasteiger charge is 2.23. The molecule has 0 aromatic carbocycles. The van der Waals surface area contributed by atoms with Crippen LogP contribution in [-0.4, -0.2) is 53.1 Å². The van der Waals surface area contributed by atoms with Gasteiger partial charge in [0.15, 0.2) is 0 Å². The molecule has 0 spiro atoms. The van der Waals surface area contributed by atoms with E-state index in [1.165, 1.54) is 27.1 Å². The quantitative estimate of drug-likeness (QED) is 0.847. The van der Waals surface area contributed by atoms with Crippen molar-refractivity contribution in [1.29, 1.82) is 0 Å². The third kappa shape index (κ3) is 3.03. The Balaban J connectivity index is 1.79. The zero-order valence-electron chi connectivity index (χ0n) is 13.9. The van der Waals surface area contributed by atoms with Crippen LogP contribution in [0.4, 0.5) is 0 Å². The zero-order chi connectivity index (χ0) is 16.6. The number of amides is 1. The van der Waals surface area contributed by atoms with E-state index in [4.69, 9.17) is 0 Å². The van der Waals surface area contributed by atoms with Gasteiger partial charge in [0.05, 0.1) is 44.4 Å². The van der Waals surface area contributed by atoms with Crippen LogP contribution >= 0.6 is 11.3 Å². The number of aryl methyl sites for hydroxylation is 2. The molecule has 0 aliphatic carbocycles. The largest absolute Gasteiger partial charge is 0.332 e. The van der Waals surface area contributed by atoms with Crippen molar-refractivity contribution in [3.63, 3.8) is 0 Å². The molecule has 2 aromatic rings. The van der Waals surface area contributed by atoms with Gasteiger partial charge in [0, 0.05) is 4.88 Å². The van der Waals surface area contributed by atoms with Gasteiger partial charge in [-0.1, -0.05) is 0 Å². The van der Waals surface area contributed by atoms with Gasteiger partial charge in [0.25, 0.3) is 5.56 Å². The number of quaternary nitrogens is 1. The van der Waals surface area contributed by atoms with Crippen molar-refractivity contribution in [2.75, 3.05) is 32.7 Å². The molecular formula is C16H23N4O2S+. The second-order valence-corrected chi connectivity index (χ2v) is 7.33. The number of hydrogen-bond donors (Lipinski definition) is 1. The summed E-state index contributed by atoms with van der Waals surface area (Å²) in [6.45, 7) is 10.8. The smallest absolute Gasteiger partial charge is 0.262 e. The van der Waals surface area contributed by atoms with Gasteiger partial charge in [-0.25, -0.2) is 4.98 Å².